The van der Waals surface area contributed by atoms with Gasteiger partial charge in [-0.2, -0.15) is 10.2 Å². The van der Waals surface area contributed by atoms with Gasteiger partial charge in [0, 0.05) is 17.3 Å². The molecule has 1 amide bonds. The molecule has 0 bridgehead atoms. The van der Waals surface area contributed by atoms with Crippen LogP contribution >= 0.6 is 0 Å². The maximum absolute atomic E-state index is 12.4. The number of carbonyl (C=O) groups excluding carboxylic acids is 1. The molecule has 0 aliphatic rings. The van der Waals surface area contributed by atoms with E-state index in [1.807, 2.05) is 18.2 Å². The highest BCUT2D eigenvalue weighted by Crippen LogP contribution is 2.13. The molecule has 0 aliphatic carbocycles. The molecular formula is C18H15N5O2. The van der Waals surface area contributed by atoms with Crippen molar-refractivity contribution >= 4 is 27.7 Å². The van der Waals surface area contributed by atoms with Crippen LogP contribution < -0.4 is 10.7 Å². The van der Waals surface area contributed by atoms with Gasteiger partial charge in [-0.15, -0.1) is 0 Å². The van der Waals surface area contributed by atoms with E-state index < -0.39 is 5.91 Å². The molecule has 0 aliphatic heterocycles. The summed E-state index contributed by atoms with van der Waals surface area (Å²) in [5.41, 5.74) is 2.17. The fourth-order valence-corrected chi connectivity index (χ4v) is 2.78. The number of H-pyrrole nitrogens is 2. The minimum Gasteiger partial charge on any atom is -0.350 e. The Labute approximate surface area is 142 Å². The fraction of sp³-hybridized carbons (Fsp3) is 0.111. The summed E-state index contributed by atoms with van der Waals surface area (Å²) in [5.74, 6) is -0.476. The molecule has 0 saturated heterocycles. The maximum atomic E-state index is 12.4. The van der Waals surface area contributed by atoms with Crippen molar-refractivity contribution in [2.24, 2.45) is 0 Å². The highest BCUT2D eigenvalue weighted by molar-refractivity contribution is 5.95. The first-order chi connectivity index (χ1) is 12.2. The normalized spacial score (nSPS) is 11.0. The summed E-state index contributed by atoms with van der Waals surface area (Å²) in [5, 5.41) is 17.8. The average Bonchev–Trinajstić information content (AvgIpc) is 3.10. The van der Waals surface area contributed by atoms with E-state index in [4.69, 9.17) is 0 Å². The van der Waals surface area contributed by atoms with E-state index in [2.05, 4.69) is 25.7 Å². The van der Waals surface area contributed by atoms with E-state index in [0.29, 0.717) is 23.9 Å². The van der Waals surface area contributed by atoms with E-state index in [9.17, 15) is 9.59 Å². The van der Waals surface area contributed by atoms with E-state index in [1.165, 1.54) is 0 Å². The largest absolute Gasteiger partial charge is 0.350 e. The monoisotopic (exact) mass is 333 g/mol. The third-order valence-corrected chi connectivity index (χ3v) is 4.09. The molecule has 7 heteroatoms. The Hall–Kier alpha value is -3.48. The third-order valence-electron chi connectivity index (χ3n) is 4.09. The number of fused-ring (bicyclic) bond motifs is 2. The van der Waals surface area contributed by atoms with Crippen LogP contribution in [0.5, 0.6) is 0 Å². The summed E-state index contributed by atoms with van der Waals surface area (Å²) in [6, 6.07) is 12.9. The molecule has 4 rings (SSSR count). The smallest absolute Gasteiger partial charge is 0.275 e. The lowest BCUT2D eigenvalue weighted by Gasteiger charge is -2.05. The highest BCUT2D eigenvalue weighted by atomic mass is 16.2. The van der Waals surface area contributed by atoms with Gasteiger partial charge in [-0.1, -0.05) is 18.2 Å². The van der Waals surface area contributed by atoms with Crippen molar-refractivity contribution < 1.29 is 4.79 Å². The number of amides is 1. The first-order valence-electron chi connectivity index (χ1n) is 7.90. The van der Waals surface area contributed by atoms with Gasteiger partial charge in [0.25, 0.3) is 5.91 Å². The minimum absolute atomic E-state index is 0.121. The molecule has 2 aromatic carbocycles. The Balaban J connectivity index is 1.47. The fourth-order valence-electron chi connectivity index (χ4n) is 2.78. The Bertz CT molecular complexity index is 1130. The van der Waals surface area contributed by atoms with Crippen molar-refractivity contribution in [3.05, 3.63) is 70.1 Å². The maximum Gasteiger partial charge on any atom is 0.275 e. The van der Waals surface area contributed by atoms with Crippen LogP contribution in [0.25, 0.3) is 21.8 Å². The van der Waals surface area contributed by atoms with Gasteiger partial charge in [0.2, 0.25) is 5.43 Å². The molecule has 0 unspecified atom stereocenters. The number of hydrogen-bond acceptors (Lipinski definition) is 4. The molecular weight excluding hydrogens is 318 g/mol. The first-order valence-corrected chi connectivity index (χ1v) is 7.90. The molecule has 7 nitrogen and oxygen atoms in total. The van der Waals surface area contributed by atoms with E-state index >= 15 is 0 Å². The zero-order valence-electron chi connectivity index (χ0n) is 13.2. The summed E-state index contributed by atoms with van der Waals surface area (Å²) in [6.45, 7) is 0.413. The van der Waals surface area contributed by atoms with Crippen LogP contribution in [-0.4, -0.2) is 32.8 Å². The van der Waals surface area contributed by atoms with E-state index in [0.717, 1.165) is 16.5 Å². The quantitative estimate of drug-likeness (QED) is 0.529. The van der Waals surface area contributed by atoms with Crippen LogP contribution in [0.4, 0.5) is 0 Å². The van der Waals surface area contributed by atoms with Crippen molar-refractivity contribution in [3.63, 3.8) is 0 Å². The van der Waals surface area contributed by atoms with Crippen LogP contribution in [0.15, 0.2) is 53.5 Å². The summed E-state index contributed by atoms with van der Waals surface area (Å²) in [4.78, 5) is 24.6. The minimum atomic E-state index is -0.476. The summed E-state index contributed by atoms with van der Waals surface area (Å²) in [7, 11) is 0. The molecule has 124 valence electrons. The Morgan fingerprint density at radius 1 is 1.08 bits per heavy atom. The van der Waals surface area contributed by atoms with Gasteiger partial charge in [-0.05, 0) is 36.2 Å². The van der Waals surface area contributed by atoms with E-state index in [1.54, 1.807) is 30.5 Å². The predicted octanol–water partition coefficient (Wildman–Crippen LogP) is 1.77. The number of aromatic amines is 2. The Kier molecular flexibility index (Phi) is 3.74. The van der Waals surface area contributed by atoms with Crippen molar-refractivity contribution in [1.82, 2.24) is 25.7 Å². The number of hydrogen-bond donors (Lipinski definition) is 3. The summed E-state index contributed by atoms with van der Waals surface area (Å²) in [6.07, 6.45) is 2.41. The van der Waals surface area contributed by atoms with Gasteiger partial charge in [0.05, 0.1) is 17.2 Å². The second-order valence-corrected chi connectivity index (χ2v) is 5.74. The number of benzene rings is 2. The van der Waals surface area contributed by atoms with Gasteiger partial charge in [-0.25, -0.2) is 0 Å². The molecule has 2 aromatic heterocycles. The van der Waals surface area contributed by atoms with Gasteiger partial charge >= 0.3 is 0 Å². The van der Waals surface area contributed by atoms with Crippen molar-refractivity contribution in [2.45, 2.75) is 6.42 Å². The predicted molar refractivity (Wildman–Crippen MR) is 94.5 cm³/mol. The van der Waals surface area contributed by atoms with Crippen LogP contribution in [0, 0.1) is 0 Å². The van der Waals surface area contributed by atoms with Crippen molar-refractivity contribution in [1.29, 1.82) is 0 Å². The summed E-state index contributed by atoms with van der Waals surface area (Å²) < 4.78 is 0. The van der Waals surface area contributed by atoms with Gasteiger partial charge in [0.15, 0.2) is 5.69 Å². The van der Waals surface area contributed by atoms with Crippen LogP contribution in [0.2, 0.25) is 0 Å². The molecule has 0 saturated carbocycles. The number of para-hydroxylation sites is 1. The average molecular weight is 333 g/mol. The molecule has 0 spiro atoms. The molecule has 0 atom stereocenters. The Morgan fingerprint density at radius 2 is 1.96 bits per heavy atom. The number of nitrogens with zero attached hydrogens (tertiary/aromatic N) is 2. The van der Waals surface area contributed by atoms with Crippen LogP contribution in [-0.2, 0) is 6.42 Å². The number of aromatic nitrogens is 4. The SMILES string of the molecule is O=C(NCCc1ccc2[nH]ncc2c1)c1n[nH]c2ccccc2c1=O. The topological polar surface area (TPSA) is 104 Å². The van der Waals surface area contributed by atoms with Crippen LogP contribution in [0.1, 0.15) is 16.1 Å². The first kappa shape index (κ1) is 15.1. The molecule has 4 aromatic rings. The lowest BCUT2D eigenvalue weighted by molar-refractivity contribution is 0.0947. The van der Waals surface area contributed by atoms with Crippen LogP contribution in [0.3, 0.4) is 0 Å². The third kappa shape index (κ3) is 2.87. The van der Waals surface area contributed by atoms with Crippen molar-refractivity contribution in [2.75, 3.05) is 6.54 Å². The molecule has 0 radical (unpaired) electrons. The molecule has 25 heavy (non-hydrogen) atoms. The zero-order chi connectivity index (χ0) is 17.2. The van der Waals surface area contributed by atoms with Gasteiger partial charge < -0.3 is 5.32 Å². The second kappa shape index (κ2) is 6.20. The molecule has 0 fully saturated rings. The molecule has 3 N–H and O–H groups in total. The second-order valence-electron chi connectivity index (χ2n) is 5.74. The lowest BCUT2D eigenvalue weighted by Crippen LogP contribution is -2.31. The Morgan fingerprint density at radius 3 is 2.88 bits per heavy atom. The number of nitrogens with one attached hydrogen (secondary N) is 3. The van der Waals surface area contributed by atoms with E-state index in [-0.39, 0.29) is 11.1 Å². The standard InChI is InChI=1S/C18H15N5O2/c24-17-13-3-1-2-4-15(13)22-23-16(17)18(25)19-8-7-11-5-6-14-12(9-11)10-20-21-14/h1-6,9-10H,7-8H2,(H,19,25)(H,20,21)(H,22,24). The van der Waals surface area contributed by atoms with Gasteiger partial charge in [-0.3, -0.25) is 19.8 Å². The lowest BCUT2D eigenvalue weighted by atomic mass is 10.1. The highest BCUT2D eigenvalue weighted by Gasteiger charge is 2.14. The number of rotatable bonds is 4. The molecule has 2 heterocycles. The van der Waals surface area contributed by atoms with Gasteiger partial charge in [0.1, 0.15) is 0 Å². The summed E-state index contributed by atoms with van der Waals surface area (Å²) >= 11 is 0. The zero-order valence-corrected chi connectivity index (χ0v) is 13.2. The number of carbonyl (C=O) groups is 1. The van der Waals surface area contributed by atoms with Crippen molar-refractivity contribution in [3.8, 4) is 0 Å².